The van der Waals surface area contributed by atoms with Gasteiger partial charge in [0, 0.05) is 12.8 Å². The van der Waals surface area contributed by atoms with E-state index in [9.17, 15) is 14.4 Å². The first-order chi connectivity index (χ1) is 14.3. The van der Waals surface area contributed by atoms with Gasteiger partial charge in [-0.2, -0.15) is 0 Å². The molecule has 0 unspecified atom stereocenters. The van der Waals surface area contributed by atoms with Crippen molar-refractivity contribution >= 4 is 17.9 Å². The van der Waals surface area contributed by atoms with Gasteiger partial charge in [0.25, 0.3) is 0 Å². The zero-order valence-corrected chi connectivity index (χ0v) is 16.7. The Hall–Kier alpha value is -3.23. The monoisotopic (exact) mass is 416 g/mol. The zero-order chi connectivity index (χ0) is 22.4. The van der Waals surface area contributed by atoms with Crippen LogP contribution in [0.2, 0.25) is 0 Å². The highest BCUT2D eigenvalue weighted by molar-refractivity contribution is 5.78. The molecular weight excluding hydrogens is 388 g/mol. The zero-order valence-electron chi connectivity index (χ0n) is 16.7. The van der Waals surface area contributed by atoms with E-state index in [1.807, 2.05) is 18.2 Å². The Morgan fingerprint density at radius 1 is 0.833 bits per heavy atom. The van der Waals surface area contributed by atoms with Crippen LogP contribution in [0, 0.1) is 0 Å². The molecule has 0 aliphatic rings. The molecule has 0 aliphatic carbocycles. The molecular formula is C22H28N2O6. The van der Waals surface area contributed by atoms with Crippen LogP contribution >= 0.6 is 0 Å². The summed E-state index contributed by atoms with van der Waals surface area (Å²) in [6, 6.07) is 15.7. The van der Waals surface area contributed by atoms with Gasteiger partial charge in [0.05, 0.1) is 0 Å². The first kappa shape index (κ1) is 24.8. The third-order valence-corrected chi connectivity index (χ3v) is 4.02. The summed E-state index contributed by atoms with van der Waals surface area (Å²) in [5.74, 6) is -2.32. The molecule has 8 nitrogen and oxygen atoms in total. The summed E-state index contributed by atoms with van der Waals surface area (Å²) in [5.41, 5.74) is 13.0. The second-order valence-corrected chi connectivity index (χ2v) is 6.52. The van der Waals surface area contributed by atoms with E-state index in [-0.39, 0.29) is 25.0 Å². The molecule has 162 valence electrons. The Bertz CT molecular complexity index is 793. The van der Waals surface area contributed by atoms with Crippen LogP contribution in [0.3, 0.4) is 0 Å². The molecule has 0 heterocycles. The van der Waals surface area contributed by atoms with E-state index < -0.39 is 23.9 Å². The Kier molecular flexibility index (Phi) is 11.5. The summed E-state index contributed by atoms with van der Waals surface area (Å²) in [6.45, 7) is 0.740. The van der Waals surface area contributed by atoms with Crippen LogP contribution < -0.4 is 16.2 Å². The number of hydrogen-bond donors (Lipinski definition) is 4. The van der Waals surface area contributed by atoms with E-state index in [1.54, 1.807) is 24.3 Å². The van der Waals surface area contributed by atoms with Gasteiger partial charge in [-0.05, 0) is 49.1 Å². The van der Waals surface area contributed by atoms with E-state index in [0.717, 1.165) is 18.5 Å². The molecule has 0 saturated carbocycles. The molecule has 2 aromatic carbocycles. The fourth-order valence-electron chi connectivity index (χ4n) is 2.38. The number of carbonyl (C=O) groups is 3. The normalized spacial score (nSPS) is 11.0. The highest BCUT2D eigenvalue weighted by Gasteiger charge is 2.17. The van der Waals surface area contributed by atoms with Gasteiger partial charge in [-0.3, -0.25) is 9.59 Å². The number of carboxylic acids is 2. The molecule has 0 amide bonds. The number of carboxylic acid groups (broad SMARTS) is 2. The minimum Gasteiger partial charge on any atom is -0.481 e. The lowest BCUT2D eigenvalue weighted by Crippen LogP contribution is -2.34. The summed E-state index contributed by atoms with van der Waals surface area (Å²) in [6.07, 6.45) is 1.21. The number of nitrogens with two attached hydrogens (primary N) is 2. The summed E-state index contributed by atoms with van der Waals surface area (Å²) < 4.78 is 5.02. The topological polar surface area (TPSA) is 153 Å². The van der Waals surface area contributed by atoms with Crippen LogP contribution in [-0.2, 0) is 27.2 Å². The number of aryl methyl sites for hydroxylation is 1. The second kappa shape index (κ2) is 13.9. The number of esters is 1. The molecule has 2 rings (SSSR count). The maximum absolute atomic E-state index is 11.6. The first-order valence-electron chi connectivity index (χ1n) is 9.55. The van der Waals surface area contributed by atoms with Crippen LogP contribution in [0.15, 0.2) is 54.6 Å². The summed E-state index contributed by atoms with van der Waals surface area (Å²) in [7, 11) is 0. The lowest BCUT2D eigenvalue weighted by Gasteiger charge is -2.10. The lowest BCUT2D eigenvalue weighted by atomic mass is 10.1. The van der Waals surface area contributed by atoms with Crippen molar-refractivity contribution in [3.05, 3.63) is 65.7 Å². The molecule has 6 N–H and O–H groups in total. The Morgan fingerprint density at radius 2 is 1.40 bits per heavy atom. The highest BCUT2D eigenvalue weighted by atomic mass is 16.5. The van der Waals surface area contributed by atoms with Crippen molar-refractivity contribution in [3.8, 4) is 5.75 Å². The van der Waals surface area contributed by atoms with Gasteiger partial charge < -0.3 is 26.4 Å². The molecule has 0 bridgehead atoms. The molecule has 0 spiro atoms. The van der Waals surface area contributed by atoms with Gasteiger partial charge in [0.2, 0.25) is 0 Å². The van der Waals surface area contributed by atoms with Crippen molar-refractivity contribution in [2.24, 2.45) is 11.5 Å². The highest BCUT2D eigenvalue weighted by Crippen LogP contribution is 2.14. The SMILES string of the molecule is NCCc1ccccc1.N[C@H](CCC(=O)O)C(=O)Oc1ccc(CCC(=O)O)cc1. The first-order valence-corrected chi connectivity index (χ1v) is 9.55. The van der Waals surface area contributed by atoms with E-state index in [2.05, 4.69) is 12.1 Å². The lowest BCUT2D eigenvalue weighted by molar-refractivity contribution is -0.139. The third-order valence-electron chi connectivity index (χ3n) is 4.02. The minimum absolute atomic E-state index is 0.00482. The number of hydrogen-bond acceptors (Lipinski definition) is 6. The van der Waals surface area contributed by atoms with Crippen LogP contribution in [0.5, 0.6) is 5.75 Å². The molecule has 0 saturated heterocycles. The number of ether oxygens (including phenoxy) is 1. The molecule has 0 radical (unpaired) electrons. The fraction of sp³-hybridized carbons (Fsp3) is 0.318. The molecule has 0 aromatic heterocycles. The molecule has 0 aliphatic heterocycles. The number of rotatable bonds is 10. The molecule has 8 heteroatoms. The molecule has 1 atom stereocenters. The van der Waals surface area contributed by atoms with Crippen molar-refractivity contribution in [3.63, 3.8) is 0 Å². The van der Waals surface area contributed by atoms with Crippen molar-refractivity contribution in [2.45, 2.75) is 38.1 Å². The summed E-state index contributed by atoms with van der Waals surface area (Å²) in [4.78, 5) is 32.4. The number of carbonyl (C=O) groups excluding carboxylic acids is 1. The summed E-state index contributed by atoms with van der Waals surface area (Å²) in [5, 5.41) is 17.1. The average molecular weight is 416 g/mol. The fourth-order valence-corrected chi connectivity index (χ4v) is 2.38. The summed E-state index contributed by atoms with van der Waals surface area (Å²) >= 11 is 0. The van der Waals surface area contributed by atoms with Gasteiger partial charge >= 0.3 is 17.9 Å². The van der Waals surface area contributed by atoms with Crippen LogP contribution in [0.25, 0.3) is 0 Å². The minimum atomic E-state index is -1.03. The van der Waals surface area contributed by atoms with Crippen LogP contribution in [0.1, 0.15) is 30.4 Å². The largest absolute Gasteiger partial charge is 0.481 e. The van der Waals surface area contributed by atoms with Gasteiger partial charge in [0.15, 0.2) is 0 Å². The van der Waals surface area contributed by atoms with Gasteiger partial charge in [-0.25, -0.2) is 4.79 Å². The van der Waals surface area contributed by atoms with Gasteiger partial charge in [-0.1, -0.05) is 42.5 Å². The smallest absolute Gasteiger partial charge is 0.328 e. The molecule has 2 aromatic rings. The Morgan fingerprint density at radius 3 is 1.93 bits per heavy atom. The van der Waals surface area contributed by atoms with Crippen molar-refractivity contribution in [1.82, 2.24) is 0 Å². The van der Waals surface area contributed by atoms with Gasteiger partial charge in [-0.15, -0.1) is 0 Å². The number of aliphatic carboxylic acids is 2. The maximum Gasteiger partial charge on any atom is 0.328 e. The second-order valence-electron chi connectivity index (χ2n) is 6.52. The standard InChI is InChI=1S/C14H17NO6.C8H11N/c15-11(6-8-13(18)19)14(20)21-10-4-1-9(2-5-10)3-7-12(16)17;9-7-6-8-4-2-1-3-5-8/h1-2,4-5,11H,3,6-8,15H2,(H,16,17)(H,18,19);1-5H,6-7,9H2/t11-;/m1./s1. The van der Waals surface area contributed by atoms with Crippen molar-refractivity contribution < 1.29 is 29.3 Å². The Balaban J connectivity index is 0.000000414. The average Bonchev–Trinajstić information content (AvgIpc) is 2.73. The van der Waals surface area contributed by atoms with Crippen molar-refractivity contribution in [1.29, 1.82) is 0 Å². The molecule has 0 fully saturated rings. The van der Waals surface area contributed by atoms with E-state index in [0.29, 0.717) is 6.42 Å². The predicted octanol–water partition coefficient (Wildman–Crippen LogP) is 1.99. The Labute approximate surface area is 175 Å². The number of benzene rings is 2. The van der Waals surface area contributed by atoms with E-state index in [1.165, 1.54) is 5.56 Å². The molecule has 30 heavy (non-hydrogen) atoms. The quantitative estimate of drug-likeness (QED) is 0.339. The van der Waals surface area contributed by atoms with Crippen molar-refractivity contribution in [2.75, 3.05) is 6.54 Å². The van der Waals surface area contributed by atoms with E-state index >= 15 is 0 Å². The van der Waals surface area contributed by atoms with Crippen LogP contribution in [0.4, 0.5) is 0 Å². The van der Waals surface area contributed by atoms with Crippen LogP contribution in [-0.4, -0.2) is 40.7 Å². The third kappa shape index (κ3) is 10.9. The van der Waals surface area contributed by atoms with Gasteiger partial charge in [0.1, 0.15) is 11.8 Å². The van der Waals surface area contributed by atoms with E-state index in [4.69, 9.17) is 26.4 Å². The maximum atomic E-state index is 11.6. The predicted molar refractivity (Wildman–Crippen MR) is 112 cm³/mol.